The number of nitrogens with two attached hydrogens (primary N) is 1. The van der Waals surface area contributed by atoms with Gasteiger partial charge in [0, 0.05) is 12.2 Å². The summed E-state index contributed by atoms with van der Waals surface area (Å²) in [5.74, 6) is 1.10. The number of rotatable bonds is 2. The average Bonchev–Trinajstić information content (AvgIpc) is 2.65. The maximum Gasteiger partial charge on any atom is 0.106 e. The molecule has 0 unspecified atom stereocenters. The van der Waals surface area contributed by atoms with Crippen LogP contribution in [0, 0.1) is 12.3 Å². The fourth-order valence-electron chi connectivity index (χ4n) is 3.41. The van der Waals surface area contributed by atoms with Crippen molar-refractivity contribution in [2.45, 2.75) is 52.5 Å². The second-order valence-electron chi connectivity index (χ2n) is 6.36. The van der Waals surface area contributed by atoms with Crippen LogP contribution in [0.4, 0.5) is 5.69 Å². The number of anilines is 1. The van der Waals surface area contributed by atoms with E-state index in [1.54, 1.807) is 0 Å². The molecule has 0 amide bonds. The van der Waals surface area contributed by atoms with Crippen molar-refractivity contribution in [3.8, 4) is 0 Å². The molecule has 1 aliphatic rings. The van der Waals surface area contributed by atoms with Gasteiger partial charge in [0.1, 0.15) is 5.82 Å². The first-order valence-electron chi connectivity index (χ1n) is 7.30. The van der Waals surface area contributed by atoms with Crippen LogP contribution in [0.3, 0.4) is 0 Å². The molecular weight excluding hydrogens is 234 g/mol. The molecule has 1 heterocycles. The first kappa shape index (κ1) is 12.5. The molecule has 2 aromatic rings. The van der Waals surface area contributed by atoms with Gasteiger partial charge in [-0.1, -0.05) is 26.2 Å². The summed E-state index contributed by atoms with van der Waals surface area (Å²) in [5.41, 5.74) is 9.31. The third kappa shape index (κ3) is 2.34. The van der Waals surface area contributed by atoms with Crippen LogP contribution in [0.2, 0.25) is 0 Å². The van der Waals surface area contributed by atoms with E-state index in [0.717, 1.165) is 23.6 Å². The molecule has 3 rings (SSSR count). The van der Waals surface area contributed by atoms with Gasteiger partial charge in [0.15, 0.2) is 0 Å². The average molecular weight is 257 g/mol. The highest BCUT2D eigenvalue weighted by molar-refractivity contribution is 5.79. The Morgan fingerprint density at radius 1 is 1.26 bits per heavy atom. The summed E-state index contributed by atoms with van der Waals surface area (Å²) in [4.78, 5) is 4.65. The topological polar surface area (TPSA) is 43.8 Å². The molecule has 3 nitrogen and oxygen atoms in total. The van der Waals surface area contributed by atoms with E-state index < -0.39 is 0 Å². The quantitative estimate of drug-likeness (QED) is 0.829. The van der Waals surface area contributed by atoms with Gasteiger partial charge < -0.3 is 10.3 Å². The van der Waals surface area contributed by atoms with Crippen molar-refractivity contribution in [3.05, 3.63) is 24.0 Å². The van der Waals surface area contributed by atoms with Crippen molar-refractivity contribution in [2.24, 2.45) is 5.41 Å². The van der Waals surface area contributed by atoms with Gasteiger partial charge in [-0.2, -0.15) is 0 Å². The fourth-order valence-corrected chi connectivity index (χ4v) is 3.41. The zero-order valence-electron chi connectivity index (χ0n) is 11.9. The van der Waals surface area contributed by atoms with E-state index in [1.165, 1.54) is 37.6 Å². The third-order valence-electron chi connectivity index (χ3n) is 4.56. The van der Waals surface area contributed by atoms with Gasteiger partial charge in [0.25, 0.3) is 0 Å². The van der Waals surface area contributed by atoms with E-state index in [4.69, 9.17) is 5.73 Å². The smallest absolute Gasteiger partial charge is 0.106 e. The summed E-state index contributed by atoms with van der Waals surface area (Å²) >= 11 is 0. The summed E-state index contributed by atoms with van der Waals surface area (Å²) in [6, 6.07) is 6.06. The molecule has 0 aliphatic heterocycles. The second-order valence-corrected chi connectivity index (χ2v) is 6.36. The Balaban J connectivity index is 1.98. The molecule has 1 aromatic carbocycles. The van der Waals surface area contributed by atoms with E-state index in [2.05, 4.69) is 29.5 Å². The van der Waals surface area contributed by atoms with E-state index in [1.807, 2.05) is 12.1 Å². The van der Waals surface area contributed by atoms with E-state index in [0.29, 0.717) is 5.41 Å². The summed E-state index contributed by atoms with van der Waals surface area (Å²) in [6.07, 6.45) is 6.81. The summed E-state index contributed by atoms with van der Waals surface area (Å²) in [7, 11) is 0. The zero-order valence-corrected chi connectivity index (χ0v) is 11.9. The van der Waals surface area contributed by atoms with Crippen molar-refractivity contribution < 1.29 is 0 Å². The molecular formula is C16H23N3. The SMILES string of the molecule is Cc1nc2cc(N)ccc2n1CC1(C)CCCCC1. The highest BCUT2D eigenvalue weighted by Gasteiger charge is 2.28. The molecule has 1 aliphatic carbocycles. The molecule has 1 saturated carbocycles. The number of imidazole rings is 1. The minimum absolute atomic E-state index is 0.429. The van der Waals surface area contributed by atoms with Crippen LogP contribution < -0.4 is 5.73 Å². The number of nitrogen functional groups attached to an aromatic ring is 1. The minimum Gasteiger partial charge on any atom is -0.399 e. The maximum absolute atomic E-state index is 5.84. The molecule has 0 radical (unpaired) electrons. The number of hydrogen-bond acceptors (Lipinski definition) is 2. The molecule has 1 aromatic heterocycles. The van der Waals surface area contributed by atoms with Crippen LogP contribution in [0.1, 0.15) is 44.9 Å². The van der Waals surface area contributed by atoms with Crippen molar-refractivity contribution in [3.63, 3.8) is 0 Å². The van der Waals surface area contributed by atoms with Crippen LogP contribution in [0.25, 0.3) is 11.0 Å². The highest BCUT2D eigenvalue weighted by Crippen LogP contribution is 2.38. The van der Waals surface area contributed by atoms with Gasteiger partial charge in [-0.3, -0.25) is 0 Å². The van der Waals surface area contributed by atoms with Crippen LogP contribution in [0.15, 0.2) is 18.2 Å². The fraction of sp³-hybridized carbons (Fsp3) is 0.562. The van der Waals surface area contributed by atoms with Crippen molar-refractivity contribution in [1.82, 2.24) is 9.55 Å². The minimum atomic E-state index is 0.429. The van der Waals surface area contributed by atoms with Gasteiger partial charge >= 0.3 is 0 Å². The van der Waals surface area contributed by atoms with Gasteiger partial charge in [-0.25, -0.2) is 4.98 Å². The summed E-state index contributed by atoms with van der Waals surface area (Å²) in [5, 5.41) is 0. The number of aryl methyl sites for hydroxylation is 1. The summed E-state index contributed by atoms with van der Waals surface area (Å²) in [6.45, 7) is 5.61. The zero-order chi connectivity index (χ0) is 13.5. The number of nitrogens with zero attached hydrogens (tertiary/aromatic N) is 2. The van der Waals surface area contributed by atoms with E-state index >= 15 is 0 Å². The Morgan fingerprint density at radius 2 is 2.00 bits per heavy atom. The Kier molecular flexibility index (Phi) is 3.00. The molecule has 0 saturated heterocycles. The number of fused-ring (bicyclic) bond motifs is 1. The Morgan fingerprint density at radius 3 is 2.74 bits per heavy atom. The number of aromatic nitrogens is 2. The largest absolute Gasteiger partial charge is 0.399 e. The highest BCUT2D eigenvalue weighted by atomic mass is 15.1. The predicted molar refractivity (Wildman–Crippen MR) is 80.1 cm³/mol. The second kappa shape index (κ2) is 4.55. The molecule has 102 valence electrons. The van der Waals surface area contributed by atoms with Gasteiger partial charge in [-0.15, -0.1) is 0 Å². The summed E-state index contributed by atoms with van der Waals surface area (Å²) < 4.78 is 2.38. The Hall–Kier alpha value is -1.51. The first-order valence-corrected chi connectivity index (χ1v) is 7.30. The monoisotopic (exact) mass is 257 g/mol. The lowest BCUT2D eigenvalue weighted by atomic mass is 9.75. The lowest BCUT2D eigenvalue weighted by molar-refractivity contribution is 0.184. The van der Waals surface area contributed by atoms with Crippen LogP contribution >= 0.6 is 0 Å². The van der Waals surface area contributed by atoms with Crippen molar-refractivity contribution in [1.29, 1.82) is 0 Å². The molecule has 1 fully saturated rings. The molecule has 2 N–H and O–H groups in total. The molecule has 0 bridgehead atoms. The Labute approximate surface area is 114 Å². The molecule has 19 heavy (non-hydrogen) atoms. The van der Waals surface area contributed by atoms with Crippen LogP contribution in [-0.4, -0.2) is 9.55 Å². The number of benzene rings is 1. The normalized spacial score (nSPS) is 18.8. The van der Waals surface area contributed by atoms with E-state index in [-0.39, 0.29) is 0 Å². The van der Waals surface area contributed by atoms with E-state index in [9.17, 15) is 0 Å². The van der Waals surface area contributed by atoms with Gasteiger partial charge in [0.2, 0.25) is 0 Å². The Bertz CT molecular complexity index is 591. The lowest BCUT2D eigenvalue weighted by Crippen LogP contribution is -2.26. The predicted octanol–water partition coefficient (Wildman–Crippen LogP) is 3.90. The van der Waals surface area contributed by atoms with Crippen LogP contribution in [-0.2, 0) is 6.54 Å². The number of hydrogen-bond donors (Lipinski definition) is 1. The molecule has 3 heteroatoms. The standard InChI is InChI=1S/C16H23N3/c1-12-18-14-10-13(17)6-7-15(14)19(12)11-16(2)8-4-3-5-9-16/h6-7,10H,3-5,8-9,11,17H2,1-2H3. The molecule has 0 atom stereocenters. The molecule has 0 spiro atoms. The lowest BCUT2D eigenvalue weighted by Gasteiger charge is -2.34. The third-order valence-corrected chi connectivity index (χ3v) is 4.56. The van der Waals surface area contributed by atoms with Gasteiger partial charge in [0.05, 0.1) is 11.0 Å². The van der Waals surface area contributed by atoms with Crippen molar-refractivity contribution in [2.75, 3.05) is 5.73 Å². The van der Waals surface area contributed by atoms with Gasteiger partial charge in [-0.05, 0) is 43.4 Å². The van der Waals surface area contributed by atoms with Crippen molar-refractivity contribution >= 4 is 16.7 Å². The first-order chi connectivity index (χ1) is 9.07. The van der Waals surface area contributed by atoms with Crippen LogP contribution in [0.5, 0.6) is 0 Å². The maximum atomic E-state index is 5.84.